The predicted octanol–water partition coefficient (Wildman–Crippen LogP) is 4.69. The molecule has 0 bridgehead atoms. The molecule has 118 valence electrons. The molecule has 3 rings (SSSR count). The smallest absolute Gasteiger partial charge is 0.344 e. The van der Waals surface area contributed by atoms with Gasteiger partial charge in [-0.05, 0) is 46.4 Å². The van der Waals surface area contributed by atoms with E-state index < -0.39 is 5.97 Å². The maximum atomic E-state index is 12.8. The molecule has 1 aliphatic heterocycles. The maximum Gasteiger partial charge on any atom is 0.344 e. The number of para-hydroxylation sites is 1. The van der Waals surface area contributed by atoms with Gasteiger partial charge in [0.1, 0.15) is 5.57 Å². The summed E-state index contributed by atoms with van der Waals surface area (Å²) in [6, 6.07) is 9.36. The van der Waals surface area contributed by atoms with Crippen molar-refractivity contribution >= 4 is 56.5 Å². The Morgan fingerprint density at radius 3 is 2.70 bits per heavy atom. The van der Waals surface area contributed by atoms with Crippen molar-refractivity contribution in [3.8, 4) is 0 Å². The van der Waals surface area contributed by atoms with Crippen LogP contribution in [0.5, 0.6) is 0 Å². The zero-order chi connectivity index (χ0) is 16.4. The lowest BCUT2D eigenvalue weighted by Crippen LogP contribution is -2.19. The topological polar surface area (TPSA) is 55.4 Å². The van der Waals surface area contributed by atoms with Gasteiger partial charge in [0.2, 0.25) is 5.78 Å². The lowest BCUT2D eigenvalue weighted by atomic mass is 10.1. The van der Waals surface area contributed by atoms with Gasteiger partial charge in [-0.25, -0.2) is 4.79 Å². The molecule has 0 saturated carbocycles. The Hall–Kier alpha value is -1.57. The van der Waals surface area contributed by atoms with Gasteiger partial charge in [0.05, 0.1) is 21.1 Å². The number of Topliss-reactive ketones (excluding diaryl/α,β-unsaturated/α-hetero) is 1. The van der Waals surface area contributed by atoms with E-state index in [0.29, 0.717) is 14.4 Å². The second-order valence-corrected chi connectivity index (χ2v) is 7.87. The van der Waals surface area contributed by atoms with Crippen LogP contribution in [0.1, 0.15) is 17.3 Å². The standard InChI is InChI=1S/C16H12BrNO3S2/c1-2-21-16(20)12(13(19)9-7-8-22-14(9)17)15-18-10-5-3-4-6-11(10)23-15/h3-8,18H,2H2,1H3/b15-12-. The van der Waals surface area contributed by atoms with E-state index >= 15 is 0 Å². The minimum atomic E-state index is -0.613. The average molecular weight is 410 g/mol. The number of thioether (sulfide) groups is 1. The van der Waals surface area contributed by atoms with Crippen molar-refractivity contribution in [2.24, 2.45) is 0 Å². The van der Waals surface area contributed by atoms with E-state index in [0.717, 1.165) is 10.6 Å². The summed E-state index contributed by atoms with van der Waals surface area (Å²) in [7, 11) is 0. The molecule has 7 heteroatoms. The van der Waals surface area contributed by atoms with Crippen LogP contribution in [-0.4, -0.2) is 18.4 Å². The molecule has 0 fully saturated rings. The molecule has 0 radical (unpaired) electrons. The van der Waals surface area contributed by atoms with E-state index in [9.17, 15) is 9.59 Å². The third-order valence-electron chi connectivity index (χ3n) is 3.14. The molecule has 0 unspecified atom stereocenters. The predicted molar refractivity (Wildman–Crippen MR) is 95.9 cm³/mol. The number of halogens is 1. The number of carbonyl (C=O) groups excluding carboxylic acids is 2. The number of nitrogens with one attached hydrogen (secondary N) is 1. The van der Waals surface area contributed by atoms with Crippen LogP contribution in [0, 0.1) is 0 Å². The van der Waals surface area contributed by atoms with E-state index in [-0.39, 0.29) is 18.0 Å². The van der Waals surface area contributed by atoms with Crippen LogP contribution in [0.25, 0.3) is 0 Å². The molecule has 23 heavy (non-hydrogen) atoms. The fourth-order valence-electron chi connectivity index (χ4n) is 2.11. The lowest BCUT2D eigenvalue weighted by Gasteiger charge is -2.09. The van der Waals surface area contributed by atoms with E-state index in [2.05, 4.69) is 21.2 Å². The molecule has 1 N–H and O–H groups in total. The number of hydrogen-bond acceptors (Lipinski definition) is 6. The number of esters is 1. The van der Waals surface area contributed by atoms with Crippen LogP contribution in [0.4, 0.5) is 5.69 Å². The van der Waals surface area contributed by atoms with Crippen molar-refractivity contribution in [3.05, 3.63) is 55.7 Å². The highest BCUT2D eigenvalue weighted by Gasteiger charge is 2.31. The van der Waals surface area contributed by atoms with Gasteiger partial charge in [-0.3, -0.25) is 4.79 Å². The molecular weight excluding hydrogens is 398 g/mol. The number of thiophene rings is 1. The summed E-state index contributed by atoms with van der Waals surface area (Å²) in [6.45, 7) is 1.93. The van der Waals surface area contributed by atoms with Crippen LogP contribution in [0.2, 0.25) is 0 Å². The summed E-state index contributed by atoms with van der Waals surface area (Å²) in [5.74, 6) is -0.960. The van der Waals surface area contributed by atoms with E-state index in [1.165, 1.54) is 23.1 Å². The Morgan fingerprint density at radius 1 is 1.26 bits per heavy atom. The fraction of sp³-hybridized carbons (Fsp3) is 0.125. The summed E-state index contributed by atoms with van der Waals surface area (Å²) < 4.78 is 5.79. The van der Waals surface area contributed by atoms with Gasteiger partial charge in [0, 0.05) is 10.5 Å². The molecule has 1 aromatic carbocycles. The van der Waals surface area contributed by atoms with Crippen molar-refractivity contribution in [2.45, 2.75) is 11.8 Å². The van der Waals surface area contributed by atoms with Crippen molar-refractivity contribution < 1.29 is 14.3 Å². The van der Waals surface area contributed by atoms with Gasteiger partial charge in [0.25, 0.3) is 0 Å². The Kier molecular flexibility index (Phi) is 4.89. The van der Waals surface area contributed by atoms with Crippen LogP contribution in [0.3, 0.4) is 0 Å². The molecule has 0 atom stereocenters. The number of fused-ring (bicyclic) bond motifs is 1. The average Bonchev–Trinajstić information content (AvgIpc) is 3.13. The van der Waals surface area contributed by atoms with Crippen LogP contribution < -0.4 is 5.32 Å². The Bertz CT molecular complexity index is 786. The number of carbonyl (C=O) groups is 2. The van der Waals surface area contributed by atoms with Crippen molar-refractivity contribution in [1.29, 1.82) is 0 Å². The first-order chi connectivity index (χ1) is 11.1. The molecule has 1 aliphatic rings. The highest BCUT2D eigenvalue weighted by molar-refractivity contribution is 9.11. The summed E-state index contributed by atoms with van der Waals surface area (Å²) in [5.41, 5.74) is 1.38. The molecule has 1 aromatic heterocycles. The lowest BCUT2D eigenvalue weighted by molar-refractivity contribution is -0.138. The van der Waals surface area contributed by atoms with Crippen molar-refractivity contribution in [3.63, 3.8) is 0 Å². The summed E-state index contributed by atoms with van der Waals surface area (Å²) in [5, 5.41) is 5.45. The van der Waals surface area contributed by atoms with Gasteiger partial charge in [-0.15, -0.1) is 11.3 Å². The third kappa shape index (κ3) is 3.22. The molecule has 2 aromatic rings. The Balaban J connectivity index is 2.04. The number of benzene rings is 1. The number of anilines is 1. The first-order valence-corrected chi connectivity index (χ1v) is 9.33. The number of rotatable bonds is 4. The first-order valence-electron chi connectivity index (χ1n) is 6.84. The molecule has 2 heterocycles. The number of ether oxygens (including phenoxy) is 1. The summed E-state index contributed by atoms with van der Waals surface area (Å²) in [4.78, 5) is 26.2. The molecule has 4 nitrogen and oxygen atoms in total. The minimum Gasteiger partial charge on any atom is -0.462 e. The largest absolute Gasteiger partial charge is 0.462 e. The Labute approximate surface area is 150 Å². The van der Waals surface area contributed by atoms with E-state index in [1.54, 1.807) is 18.4 Å². The zero-order valence-electron chi connectivity index (χ0n) is 12.1. The first kappa shape index (κ1) is 16.3. The van der Waals surface area contributed by atoms with Crippen molar-refractivity contribution in [2.75, 3.05) is 11.9 Å². The van der Waals surface area contributed by atoms with Gasteiger partial charge in [0.15, 0.2) is 0 Å². The normalized spacial score (nSPS) is 14.9. The van der Waals surface area contributed by atoms with Gasteiger partial charge in [-0.2, -0.15) is 0 Å². The fourth-order valence-corrected chi connectivity index (χ4v) is 4.39. The quantitative estimate of drug-likeness (QED) is 0.261. The monoisotopic (exact) mass is 409 g/mol. The number of ketones is 1. The molecule has 0 saturated heterocycles. The molecule has 0 aliphatic carbocycles. The van der Waals surface area contributed by atoms with E-state index in [4.69, 9.17) is 4.74 Å². The van der Waals surface area contributed by atoms with Crippen LogP contribution >= 0.6 is 39.0 Å². The number of hydrogen-bond donors (Lipinski definition) is 1. The molecule has 0 amide bonds. The molecule has 0 spiro atoms. The van der Waals surface area contributed by atoms with Crippen LogP contribution in [0.15, 0.2) is 55.0 Å². The summed E-state index contributed by atoms with van der Waals surface area (Å²) in [6.07, 6.45) is 0. The maximum absolute atomic E-state index is 12.8. The summed E-state index contributed by atoms with van der Waals surface area (Å²) >= 11 is 6.12. The highest BCUT2D eigenvalue weighted by atomic mass is 79.9. The molecular formula is C16H12BrNO3S2. The second-order valence-electron chi connectivity index (χ2n) is 4.58. The second kappa shape index (κ2) is 6.90. The van der Waals surface area contributed by atoms with Gasteiger partial charge in [-0.1, -0.05) is 23.9 Å². The van der Waals surface area contributed by atoms with Gasteiger partial charge >= 0.3 is 5.97 Å². The Morgan fingerprint density at radius 2 is 2.04 bits per heavy atom. The zero-order valence-corrected chi connectivity index (χ0v) is 15.3. The van der Waals surface area contributed by atoms with Crippen LogP contribution in [-0.2, 0) is 9.53 Å². The van der Waals surface area contributed by atoms with E-state index in [1.807, 2.05) is 24.3 Å². The third-order valence-corrected chi connectivity index (χ3v) is 5.92. The van der Waals surface area contributed by atoms with Gasteiger partial charge < -0.3 is 10.1 Å². The minimum absolute atomic E-state index is 0.0344. The highest BCUT2D eigenvalue weighted by Crippen LogP contribution is 2.43. The SMILES string of the molecule is CCOC(=O)/C(C(=O)c1ccsc1Br)=C1/Nc2ccccc2S1. The van der Waals surface area contributed by atoms with Crippen molar-refractivity contribution in [1.82, 2.24) is 0 Å².